The van der Waals surface area contributed by atoms with Crippen molar-refractivity contribution in [3.63, 3.8) is 0 Å². The molecular formula is C18H16N2O2S. The first-order valence-corrected chi connectivity index (χ1v) is 8.81. The summed E-state index contributed by atoms with van der Waals surface area (Å²) in [4.78, 5) is 0.707. The average molecular weight is 324 g/mol. The van der Waals surface area contributed by atoms with Crippen LogP contribution in [0.15, 0.2) is 70.7 Å². The molecule has 0 aliphatic carbocycles. The maximum Gasteiger partial charge on any atom is 0.210 e. The Morgan fingerprint density at radius 2 is 1.09 bits per heavy atom. The Morgan fingerprint density at radius 3 is 1.52 bits per heavy atom. The summed E-state index contributed by atoms with van der Waals surface area (Å²) in [6.07, 6.45) is 3.39. The third-order valence-electron chi connectivity index (χ3n) is 4.30. The van der Waals surface area contributed by atoms with E-state index in [-0.39, 0.29) is 0 Å². The Balaban J connectivity index is 2.07. The predicted octanol–water partition coefficient (Wildman–Crippen LogP) is 3.50. The highest BCUT2D eigenvalue weighted by atomic mass is 32.2. The molecule has 2 aromatic carbocycles. The monoisotopic (exact) mass is 324 g/mol. The molecule has 0 N–H and O–H groups in total. The van der Waals surface area contributed by atoms with Crippen LogP contribution in [0, 0.1) is 0 Å². The predicted molar refractivity (Wildman–Crippen MR) is 91.3 cm³/mol. The number of hydrogen-bond acceptors (Lipinski definition) is 2. The van der Waals surface area contributed by atoms with E-state index >= 15 is 0 Å². The molecule has 0 spiro atoms. The van der Waals surface area contributed by atoms with Gasteiger partial charge in [-0.25, -0.2) is 8.42 Å². The molecule has 0 saturated heterocycles. The number of benzene rings is 2. The van der Waals surface area contributed by atoms with Gasteiger partial charge in [-0.15, -0.1) is 0 Å². The number of nitrogens with zero attached hydrogens (tertiary/aromatic N) is 2. The molecule has 116 valence electrons. The zero-order valence-electron chi connectivity index (χ0n) is 12.9. The van der Waals surface area contributed by atoms with Gasteiger partial charge in [-0.3, -0.25) is 0 Å². The molecule has 0 fully saturated rings. The lowest BCUT2D eigenvalue weighted by atomic mass is 10.2. The van der Waals surface area contributed by atoms with Gasteiger partial charge in [-0.2, -0.15) is 0 Å². The Morgan fingerprint density at radius 1 is 0.696 bits per heavy atom. The van der Waals surface area contributed by atoms with Crippen LogP contribution in [0.25, 0.3) is 21.8 Å². The van der Waals surface area contributed by atoms with E-state index in [0.717, 1.165) is 21.8 Å². The SMILES string of the molecule is Cn1cc(S(=O)(=O)c2cn(C)c3ccccc23)c2ccccc21. The first-order chi connectivity index (χ1) is 11.0. The van der Waals surface area contributed by atoms with Crippen LogP contribution in [0.3, 0.4) is 0 Å². The number of fused-ring (bicyclic) bond motifs is 2. The fourth-order valence-electron chi connectivity index (χ4n) is 3.16. The van der Waals surface area contributed by atoms with Gasteiger partial charge in [0, 0.05) is 48.3 Å². The van der Waals surface area contributed by atoms with Crippen LogP contribution in [0.2, 0.25) is 0 Å². The fraction of sp³-hybridized carbons (Fsp3) is 0.111. The van der Waals surface area contributed by atoms with Crippen molar-refractivity contribution in [3.05, 3.63) is 60.9 Å². The van der Waals surface area contributed by atoms with E-state index < -0.39 is 9.84 Å². The van der Waals surface area contributed by atoms with Gasteiger partial charge < -0.3 is 9.13 Å². The van der Waals surface area contributed by atoms with Crippen LogP contribution in [0.1, 0.15) is 0 Å². The molecule has 4 rings (SSSR count). The topological polar surface area (TPSA) is 44.0 Å². The molecule has 0 unspecified atom stereocenters. The molecule has 0 atom stereocenters. The molecular weight excluding hydrogens is 308 g/mol. The van der Waals surface area contributed by atoms with Crippen LogP contribution in [0.5, 0.6) is 0 Å². The lowest BCUT2D eigenvalue weighted by Gasteiger charge is -2.01. The highest BCUT2D eigenvalue weighted by molar-refractivity contribution is 7.92. The van der Waals surface area contributed by atoms with Crippen molar-refractivity contribution in [3.8, 4) is 0 Å². The zero-order chi connectivity index (χ0) is 16.2. The van der Waals surface area contributed by atoms with Gasteiger partial charge in [-0.1, -0.05) is 36.4 Å². The van der Waals surface area contributed by atoms with Gasteiger partial charge in [0.15, 0.2) is 0 Å². The molecule has 4 aromatic rings. The van der Waals surface area contributed by atoms with Crippen molar-refractivity contribution in [1.29, 1.82) is 0 Å². The van der Waals surface area contributed by atoms with Crippen molar-refractivity contribution in [2.45, 2.75) is 9.79 Å². The first kappa shape index (κ1) is 14.1. The van der Waals surface area contributed by atoms with Crippen molar-refractivity contribution < 1.29 is 8.42 Å². The van der Waals surface area contributed by atoms with Crippen LogP contribution < -0.4 is 0 Å². The van der Waals surface area contributed by atoms with Crippen LogP contribution in [-0.4, -0.2) is 17.6 Å². The largest absolute Gasteiger partial charge is 0.349 e. The number of sulfone groups is 1. The second-order valence-electron chi connectivity index (χ2n) is 5.75. The molecule has 23 heavy (non-hydrogen) atoms. The minimum atomic E-state index is -3.59. The third-order valence-corrected chi connectivity index (χ3v) is 6.11. The van der Waals surface area contributed by atoms with E-state index in [2.05, 4.69) is 0 Å². The average Bonchev–Trinajstić information content (AvgIpc) is 3.08. The van der Waals surface area contributed by atoms with Crippen molar-refractivity contribution >= 4 is 31.6 Å². The van der Waals surface area contributed by atoms with E-state index in [1.54, 1.807) is 12.4 Å². The van der Waals surface area contributed by atoms with Crippen LogP contribution in [-0.2, 0) is 23.9 Å². The molecule has 2 aromatic heterocycles. The van der Waals surface area contributed by atoms with E-state index in [9.17, 15) is 8.42 Å². The van der Waals surface area contributed by atoms with E-state index in [0.29, 0.717) is 9.79 Å². The summed E-state index contributed by atoms with van der Waals surface area (Å²) in [5.74, 6) is 0. The lowest BCUT2D eigenvalue weighted by Crippen LogP contribution is -2.00. The molecule has 0 bridgehead atoms. The minimum absolute atomic E-state index is 0.354. The summed E-state index contributed by atoms with van der Waals surface area (Å²) < 4.78 is 30.2. The Kier molecular flexibility index (Phi) is 2.90. The standard InChI is InChI=1S/C18H16N2O2S/c1-19-11-17(13-7-3-5-9-15(13)19)23(21,22)18-12-20(2)16-10-6-4-8-14(16)18/h3-12H,1-2H3. The maximum atomic E-state index is 13.3. The molecule has 0 aliphatic rings. The summed E-state index contributed by atoms with van der Waals surface area (Å²) in [7, 11) is 0.139. The summed E-state index contributed by atoms with van der Waals surface area (Å²) in [5.41, 5.74) is 1.82. The summed E-state index contributed by atoms with van der Waals surface area (Å²) >= 11 is 0. The van der Waals surface area contributed by atoms with Gasteiger partial charge >= 0.3 is 0 Å². The van der Waals surface area contributed by atoms with Crippen LogP contribution in [0.4, 0.5) is 0 Å². The molecule has 5 heteroatoms. The first-order valence-electron chi connectivity index (χ1n) is 7.33. The highest BCUT2D eigenvalue weighted by Crippen LogP contribution is 2.33. The number of aromatic nitrogens is 2. The van der Waals surface area contributed by atoms with Crippen molar-refractivity contribution in [2.24, 2.45) is 14.1 Å². The third kappa shape index (κ3) is 1.93. The van der Waals surface area contributed by atoms with E-state index in [1.165, 1.54) is 0 Å². The van der Waals surface area contributed by atoms with Crippen molar-refractivity contribution in [1.82, 2.24) is 9.13 Å². The van der Waals surface area contributed by atoms with Gasteiger partial charge in [0.05, 0.1) is 9.79 Å². The zero-order valence-corrected chi connectivity index (χ0v) is 13.7. The van der Waals surface area contributed by atoms with Gasteiger partial charge in [-0.05, 0) is 12.1 Å². The molecule has 0 saturated carbocycles. The second kappa shape index (κ2) is 4.73. The van der Waals surface area contributed by atoms with Gasteiger partial charge in [0.2, 0.25) is 9.84 Å². The normalized spacial score (nSPS) is 12.3. The molecule has 0 radical (unpaired) electrons. The Labute approximate surface area is 134 Å². The summed E-state index contributed by atoms with van der Waals surface area (Å²) in [6, 6.07) is 15.1. The number of hydrogen-bond donors (Lipinski definition) is 0. The van der Waals surface area contributed by atoms with Crippen LogP contribution >= 0.6 is 0 Å². The number of para-hydroxylation sites is 2. The molecule has 4 nitrogen and oxygen atoms in total. The summed E-state index contributed by atoms with van der Waals surface area (Å²) in [6.45, 7) is 0. The maximum absolute atomic E-state index is 13.3. The molecule has 0 aliphatic heterocycles. The summed E-state index contributed by atoms with van der Waals surface area (Å²) in [5, 5.41) is 1.51. The molecule has 0 amide bonds. The molecule has 2 heterocycles. The number of aryl methyl sites for hydroxylation is 2. The smallest absolute Gasteiger partial charge is 0.210 e. The van der Waals surface area contributed by atoms with Gasteiger partial charge in [0.1, 0.15) is 0 Å². The fourth-order valence-corrected chi connectivity index (χ4v) is 4.91. The Hall–Kier alpha value is -2.53. The minimum Gasteiger partial charge on any atom is -0.349 e. The van der Waals surface area contributed by atoms with E-state index in [1.807, 2.05) is 71.8 Å². The number of rotatable bonds is 2. The second-order valence-corrected chi connectivity index (χ2v) is 7.63. The van der Waals surface area contributed by atoms with Gasteiger partial charge in [0.25, 0.3) is 0 Å². The lowest BCUT2D eigenvalue weighted by molar-refractivity contribution is 0.597. The van der Waals surface area contributed by atoms with E-state index in [4.69, 9.17) is 0 Å². The quantitative estimate of drug-likeness (QED) is 0.566. The Bertz CT molecular complexity index is 1060. The van der Waals surface area contributed by atoms with Crippen molar-refractivity contribution in [2.75, 3.05) is 0 Å². The highest BCUT2D eigenvalue weighted by Gasteiger charge is 2.26.